The molecule has 0 bridgehead atoms. The van der Waals surface area contributed by atoms with Crippen LogP contribution >= 0.6 is 0 Å². The molecule has 0 spiro atoms. The molecule has 0 N–H and O–H groups in total. The van der Waals surface area contributed by atoms with Crippen molar-refractivity contribution in [3.05, 3.63) is 35.9 Å². The molecule has 1 saturated carbocycles. The van der Waals surface area contributed by atoms with Gasteiger partial charge in [0.2, 0.25) is 0 Å². The number of hydrogen-bond donors (Lipinski definition) is 0. The minimum atomic E-state index is 0.509. The van der Waals surface area contributed by atoms with E-state index in [1.54, 1.807) is 0 Å². The van der Waals surface area contributed by atoms with Crippen LogP contribution in [0.2, 0.25) is 0 Å². The molecule has 1 aromatic carbocycles. The van der Waals surface area contributed by atoms with Gasteiger partial charge in [-0.3, -0.25) is 0 Å². The molecule has 1 heteroatoms. The second-order valence-electron chi connectivity index (χ2n) is 4.12. The van der Waals surface area contributed by atoms with E-state index >= 15 is 0 Å². The van der Waals surface area contributed by atoms with Crippen LogP contribution < -0.4 is 0 Å². The third-order valence-corrected chi connectivity index (χ3v) is 3.28. The van der Waals surface area contributed by atoms with Crippen LogP contribution in [-0.4, -0.2) is 13.2 Å². The summed E-state index contributed by atoms with van der Waals surface area (Å²) < 4.78 is 5.38. The average Bonchev–Trinajstić information content (AvgIpc) is 2.42. The zero-order valence-corrected chi connectivity index (χ0v) is 10.8. The molecule has 1 fully saturated rings. The average molecular weight is 220 g/mol. The highest BCUT2D eigenvalue weighted by Gasteiger charge is 2.21. The molecule has 0 aromatic heterocycles. The second kappa shape index (κ2) is 7.45. The summed E-state index contributed by atoms with van der Waals surface area (Å²) in [6.07, 6.45) is 5.51. The molecule has 0 amide bonds. The lowest BCUT2D eigenvalue weighted by Gasteiger charge is -2.27. The lowest BCUT2D eigenvalue weighted by Crippen LogP contribution is -2.19. The van der Waals surface area contributed by atoms with Crippen molar-refractivity contribution in [2.24, 2.45) is 0 Å². The van der Waals surface area contributed by atoms with Crippen LogP contribution in [0.15, 0.2) is 30.3 Å². The van der Waals surface area contributed by atoms with E-state index < -0.39 is 0 Å². The molecular formula is C15H24O. The number of hydrogen-bond acceptors (Lipinski definition) is 1. The Morgan fingerprint density at radius 3 is 2.00 bits per heavy atom. The minimum absolute atomic E-state index is 0.509. The highest BCUT2D eigenvalue weighted by molar-refractivity contribution is 5.19. The van der Waals surface area contributed by atoms with Gasteiger partial charge in [0.1, 0.15) is 0 Å². The van der Waals surface area contributed by atoms with Crippen LogP contribution in [0.4, 0.5) is 0 Å². The van der Waals surface area contributed by atoms with Gasteiger partial charge < -0.3 is 4.74 Å². The minimum Gasteiger partial charge on any atom is -0.381 e. The second-order valence-corrected chi connectivity index (χ2v) is 4.12. The fourth-order valence-electron chi connectivity index (χ4n) is 2.36. The SMILES string of the molecule is CC.COC1CCC(c2ccccc2)CC1. The van der Waals surface area contributed by atoms with Crippen LogP contribution in [0, 0.1) is 0 Å². The van der Waals surface area contributed by atoms with Gasteiger partial charge >= 0.3 is 0 Å². The number of methoxy groups -OCH3 is 1. The molecule has 1 nitrogen and oxygen atoms in total. The Bertz CT molecular complexity index is 260. The maximum Gasteiger partial charge on any atom is 0.0571 e. The van der Waals surface area contributed by atoms with Crippen molar-refractivity contribution >= 4 is 0 Å². The molecule has 0 saturated heterocycles. The zero-order chi connectivity index (χ0) is 11.8. The smallest absolute Gasteiger partial charge is 0.0571 e. The standard InChI is InChI=1S/C13H18O.C2H6/c1-14-13-9-7-12(8-10-13)11-5-3-2-4-6-11;1-2/h2-6,12-13H,7-10H2,1H3;1-2H3. The summed E-state index contributed by atoms with van der Waals surface area (Å²) in [5.41, 5.74) is 1.50. The first-order valence-electron chi connectivity index (χ1n) is 6.48. The Morgan fingerprint density at radius 1 is 0.938 bits per heavy atom. The summed E-state index contributed by atoms with van der Waals surface area (Å²) in [5.74, 6) is 0.766. The molecule has 0 unspecified atom stereocenters. The molecule has 0 atom stereocenters. The van der Waals surface area contributed by atoms with Gasteiger partial charge in [-0.1, -0.05) is 44.2 Å². The highest BCUT2D eigenvalue weighted by atomic mass is 16.5. The predicted molar refractivity (Wildman–Crippen MR) is 69.8 cm³/mol. The monoisotopic (exact) mass is 220 g/mol. The molecule has 1 aromatic rings. The lowest BCUT2D eigenvalue weighted by atomic mass is 9.83. The van der Waals surface area contributed by atoms with Gasteiger partial charge in [-0.05, 0) is 37.2 Å². The maximum absolute atomic E-state index is 5.38. The summed E-state index contributed by atoms with van der Waals surface area (Å²) in [4.78, 5) is 0. The van der Waals surface area contributed by atoms with Gasteiger partial charge in [-0.25, -0.2) is 0 Å². The van der Waals surface area contributed by atoms with E-state index in [1.165, 1.54) is 31.2 Å². The normalized spacial score (nSPS) is 24.4. The van der Waals surface area contributed by atoms with Crippen molar-refractivity contribution in [2.75, 3.05) is 7.11 Å². The van der Waals surface area contributed by atoms with Gasteiger partial charge in [0.15, 0.2) is 0 Å². The first-order chi connectivity index (χ1) is 7.90. The highest BCUT2D eigenvalue weighted by Crippen LogP contribution is 2.33. The molecule has 1 aliphatic carbocycles. The van der Waals surface area contributed by atoms with Crippen molar-refractivity contribution in [1.29, 1.82) is 0 Å². The largest absolute Gasteiger partial charge is 0.381 e. The van der Waals surface area contributed by atoms with Gasteiger partial charge in [0, 0.05) is 7.11 Å². The molecular weight excluding hydrogens is 196 g/mol. The van der Waals surface area contributed by atoms with Crippen molar-refractivity contribution in [2.45, 2.75) is 51.6 Å². The molecule has 0 heterocycles. The van der Waals surface area contributed by atoms with E-state index in [9.17, 15) is 0 Å². The lowest BCUT2D eigenvalue weighted by molar-refractivity contribution is 0.0659. The Kier molecular flexibility index (Phi) is 6.17. The Hall–Kier alpha value is -0.820. The van der Waals surface area contributed by atoms with E-state index in [4.69, 9.17) is 4.74 Å². The van der Waals surface area contributed by atoms with Gasteiger partial charge in [-0.2, -0.15) is 0 Å². The van der Waals surface area contributed by atoms with Gasteiger partial charge in [0.25, 0.3) is 0 Å². The molecule has 90 valence electrons. The van der Waals surface area contributed by atoms with Crippen molar-refractivity contribution in [3.63, 3.8) is 0 Å². The predicted octanol–water partition coefficient (Wildman–Crippen LogP) is 4.39. The van der Waals surface area contributed by atoms with Crippen LogP contribution in [0.25, 0.3) is 0 Å². The van der Waals surface area contributed by atoms with E-state index in [1.807, 2.05) is 21.0 Å². The van der Waals surface area contributed by atoms with Crippen LogP contribution in [0.5, 0.6) is 0 Å². The first-order valence-corrected chi connectivity index (χ1v) is 6.48. The van der Waals surface area contributed by atoms with Gasteiger partial charge in [0.05, 0.1) is 6.10 Å². The molecule has 16 heavy (non-hydrogen) atoms. The molecule has 2 rings (SSSR count). The summed E-state index contributed by atoms with van der Waals surface area (Å²) in [6.45, 7) is 4.00. The third kappa shape index (κ3) is 3.64. The number of rotatable bonds is 2. The van der Waals surface area contributed by atoms with Crippen LogP contribution in [0.3, 0.4) is 0 Å². The summed E-state index contributed by atoms with van der Waals surface area (Å²) >= 11 is 0. The number of ether oxygens (including phenoxy) is 1. The van der Waals surface area contributed by atoms with Crippen molar-refractivity contribution in [3.8, 4) is 0 Å². The summed E-state index contributed by atoms with van der Waals surface area (Å²) in [6, 6.07) is 10.9. The molecule has 1 aliphatic rings. The van der Waals surface area contributed by atoms with E-state index in [2.05, 4.69) is 30.3 Å². The molecule has 0 aliphatic heterocycles. The fraction of sp³-hybridized carbons (Fsp3) is 0.600. The Morgan fingerprint density at radius 2 is 1.50 bits per heavy atom. The van der Waals surface area contributed by atoms with Crippen LogP contribution in [0.1, 0.15) is 51.0 Å². The Balaban J connectivity index is 0.000000606. The fourth-order valence-corrected chi connectivity index (χ4v) is 2.36. The van der Waals surface area contributed by atoms with E-state index in [0.29, 0.717) is 6.10 Å². The Labute approximate surface area is 99.8 Å². The van der Waals surface area contributed by atoms with Crippen molar-refractivity contribution < 1.29 is 4.74 Å². The van der Waals surface area contributed by atoms with Gasteiger partial charge in [-0.15, -0.1) is 0 Å². The number of benzene rings is 1. The summed E-state index contributed by atoms with van der Waals surface area (Å²) in [5, 5.41) is 0. The molecule has 0 radical (unpaired) electrons. The van der Waals surface area contributed by atoms with Crippen LogP contribution in [-0.2, 0) is 4.74 Å². The topological polar surface area (TPSA) is 9.23 Å². The zero-order valence-electron chi connectivity index (χ0n) is 10.8. The van der Waals surface area contributed by atoms with Crippen molar-refractivity contribution in [1.82, 2.24) is 0 Å². The third-order valence-electron chi connectivity index (χ3n) is 3.28. The van der Waals surface area contributed by atoms with E-state index in [-0.39, 0.29) is 0 Å². The summed E-state index contributed by atoms with van der Waals surface area (Å²) in [7, 11) is 1.83. The maximum atomic E-state index is 5.38. The van der Waals surface area contributed by atoms with E-state index in [0.717, 1.165) is 5.92 Å². The quantitative estimate of drug-likeness (QED) is 0.718. The first kappa shape index (κ1) is 13.2.